The number of hydrogen-bond acceptors (Lipinski definition) is 4. The first-order chi connectivity index (χ1) is 12.4. The molecule has 0 spiro atoms. The van der Waals surface area contributed by atoms with E-state index in [-0.39, 0.29) is 5.91 Å². The van der Waals surface area contributed by atoms with Gasteiger partial charge in [0.15, 0.2) is 0 Å². The van der Waals surface area contributed by atoms with E-state index in [1.165, 1.54) is 6.92 Å². The second-order valence-corrected chi connectivity index (χ2v) is 6.93. The number of benzene rings is 1. The molecule has 1 aromatic heterocycles. The molecule has 1 aromatic carbocycles. The number of anilines is 1. The highest BCUT2D eigenvalue weighted by molar-refractivity contribution is 5.89. The summed E-state index contributed by atoms with van der Waals surface area (Å²) in [6, 6.07) is 7.74. The summed E-state index contributed by atoms with van der Waals surface area (Å²) in [6.45, 7) is 10.7. The number of hydrogen-bond donors (Lipinski definition) is 1. The molecule has 26 heavy (non-hydrogen) atoms. The molecule has 5 heteroatoms. The van der Waals surface area contributed by atoms with Crippen molar-refractivity contribution in [3.8, 4) is 22.6 Å². The van der Waals surface area contributed by atoms with Gasteiger partial charge in [-0.25, -0.2) is 4.98 Å². The zero-order valence-corrected chi connectivity index (χ0v) is 15.5. The molecular formula is C21H24N2O3. The molecule has 3 rings (SSSR count). The van der Waals surface area contributed by atoms with Gasteiger partial charge in [0, 0.05) is 30.3 Å². The van der Waals surface area contributed by atoms with Gasteiger partial charge in [0.2, 0.25) is 5.91 Å². The number of carbonyl (C=O) groups is 1. The van der Waals surface area contributed by atoms with Crippen molar-refractivity contribution in [1.82, 2.24) is 4.98 Å². The molecule has 0 radical (unpaired) electrons. The van der Waals surface area contributed by atoms with E-state index in [2.05, 4.69) is 23.8 Å². The van der Waals surface area contributed by atoms with E-state index in [0.29, 0.717) is 24.9 Å². The fourth-order valence-electron chi connectivity index (χ4n) is 3.08. The molecule has 1 atom stereocenters. The van der Waals surface area contributed by atoms with Crippen LogP contribution in [0.25, 0.3) is 11.1 Å². The number of rotatable bonds is 6. The van der Waals surface area contributed by atoms with Crippen LogP contribution in [0, 0.1) is 5.92 Å². The average Bonchev–Trinajstić information content (AvgIpc) is 2.58. The third-order valence-electron chi connectivity index (χ3n) is 4.15. The molecule has 2 heterocycles. The first kappa shape index (κ1) is 18.0. The highest BCUT2D eigenvalue weighted by atomic mass is 16.5. The predicted octanol–water partition coefficient (Wildman–Crippen LogP) is 4.58. The third kappa shape index (κ3) is 4.23. The highest BCUT2D eigenvalue weighted by Crippen LogP contribution is 2.40. The normalized spacial score (nSPS) is 13.0. The van der Waals surface area contributed by atoms with E-state index in [1.54, 1.807) is 6.20 Å². The van der Waals surface area contributed by atoms with E-state index < -0.39 is 0 Å². The Hall–Kier alpha value is -2.82. The maximum absolute atomic E-state index is 11.3. The summed E-state index contributed by atoms with van der Waals surface area (Å²) in [5.41, 5.74) is 4.15. The number of carbonyl (C=O) groups excluding carboxylic acids is 1. The van der Waals surface area contributed by atoms with Crippen LogP contribution < -0.4 is 14.8 Å². The monoisotopic (exact) mass is 352 g/mol. The van der Waals surface area contributed by atoms with Crippen LogP contribution >= 0.6 is 0 Å². The Morgan fingerprint density at radius 1 is 1.35 bits per heavy atom. The van der Waals surface area contributed by atoms with E-state index >= 15 is 0 Å². The molecule has 0 aliphatic carbocycles. The van der Waals surface area contributed by atoms with E-state index in [9.17, 15) is 4.79 Å². The molecule has 0 unspecified atom stereocenters. The molecule has 1 aliphatic rings. The van der Waals surface area contributed by atoms with Gasteiger partial charge in [0.25, 0.3) is 0 Å². The molecule has 2 aromatic rings. The average molecular weight is 352 g/mol. The Bertz CT molecular complexity index is 845. The summed E-state index contributed by atoms with van der Waals surface area (Å²) in [7, 11) is 0. The third-order valence-corrected chi connectivity index (χ3v) is 4.15. The van der Waals surface area contributed by atoms with Gasteiger partial charge < -0.3 is 14.8 Å². The summed E-state index contributed by atoms with van der Waals surface area (Å²) in [6.07, 6.45) is 2.70. The van der Waals surface area contributed by atoms with Gasteiger partial charge in [0.1, 0.15) is 23.9 Å². The van der Waals surface area contributed by atoms with Crippen molar-refractivity contribution in [1.29, 1.82) is 0 Å². The quantitative estimate of drug-likeness (QED) is 0.773. The van der Waals surface area contributed by atoms with E-state index in [0.717, 1.165) is 40.2 Å². The fraction of sp³-hybridized carbons (Fsp3) is 0.333. The van der Waals surface area contributed by atoms with E-state index in [1.807, 2.05) is 31.2 Å². The van der Waals surface area contributed by atoms with Crippen molar-refractivity contribution in [2.45, 2.75) is 33.8 Å². The van der Waals surface area contributed by atoms with Gasteiger partial charge in [-0.3, -0.25) is 4.79 Å². The zero-order chi connectivity index (χ0) is 18.7. The molecular weight excluding hydrogens is 328 g/mol. The van der Waals surface area contributed by atoms with Crippen LogP contribution in [0.3, 0.4) is 0 Å². The minimum Gasteiger partial charge on any atom is -0.493 e. The standard InChI is InChI=1S/C21H24N2O3/c1-13(2)7-14(3)11-25-17-5-6-18-19-9-21(23-15(4)24)22-10-16(19)12-26-20(18)8-17/h5-6,8-10,14H,1,7,11-12H2,2-4H3,(H,22,23,24)/t14-/m1/s1. The minimum absolute atomic E-state index is 0.141. The van der Waals surface area contributed by atoms with Gasteiger partial charge in [-0.05, 0) is 43.0 Å². The van der Waals surface area contributed by atoms with Crippen LogP contribution in [-0.2, 0) is 11.4 Å². The molecule has 1 aliphatic heterocycles. The molecule has 0 saturated carbocycles. The molecule has 0 saturated heterocycles. The summed E-state index contributed by atoms with van der Waals surface area (Å²) in [5, 5.41) is 2.72. The molecule has 1 N–H and O–H groups in total. The Labute approximate surface area is 154 Å². The summed E-state index contributed by atoms with van der Waals surface area (Å²) < 4.78 is 11.8. The minimum atomic E-state index is -0.141. The van der Waals surface area contributed by atoms with Gasteiger partial charge in [0.05, 0.1) is 6.61 Å². The number of fused-ring (bicyclic) bond motifs is 3. The van der Waals surface area contributed by atoms with Crippen LogP contribution in [0.4, 0.5) is 5.82 Å². The lowest BCUT2D eigenvalue weighted by atomic mass is 9.98. The SMILES string of the molecule is C=C(C)C[C@@H](C)COc1ccc2c(c1)OCc1cnc(NC(C)=O)cc1-2. The lowest BCUT2D eigenvalue weighted by Gasteiger charge is -2.22. The van der Waals surface area contributed by atoms with Crippen molar-refractivity contribution in [2.24, 2.45) is 5.92 Å². The van der Waals surface area contributed by atoms with Gasteiger partial charge >= 0.3 is 0 Å². The Kier molecular flexibility index (Phi) is 5.26. The summed E-state index contributed by atoms with van der Waals surface area (Å²) in [5.74, 6) is 2.38. The number of amides is 1. The fourth-order valence-corrected chi connectivity index (χ4v) is 3.08. The van der Waals surface area contributed by atoms with Gasteiger partial charge in [-0.15, -0.1) is 6.58 Å². The second-order valence-electron chi connectivity index (χ2n) is 6.93. The van der Waals surface area contributed by atoms with Crippen LogP contribution in [-0.4, -0.2) is 17.5 Å². The molecule has 5 nitrogen and oxygen atoms in total. The largest absolute Gasteiger partial charge is 0.493 e. The maximum Gasteiger partial charge on any atom is 0.222 e. The topological polar surface area (TPSA) is 60.5 Å². The van der Waals surface area contributed by atoms with E-state index in [4.69, 9.17) is 9.47 Å². The smallest absolute Gasteiger partial charge is 0.222 e. The van der Waals surface area contributed by atoms with Crippen molar-refractivity contribution in [3.05, 3.63) is 48.2 Å². The van der Waals surface area contributed by atoms with Crippen LogP contribution in [0.15, 0.2) is 42.6 Å². The number of aromatic nitrogens is 1. The van der Waals surface area contributed by atoms with Crippen molar-refractivity contribution in [3.63, 3.8) is 0 Å². The van der Waals surface area contributed by atoms with Crippen molar-refractivity contribution >= 4 is 11.7 Å². The van der Waals surface area contributed by atoms with Crippen LogP contribution in [0.5, 0.6) is 11.5 Å². The summed E-state index contributed by atoms with van der Waals surface area (Å²) >= 11 is 0. The number of pyridine rings is 1. The highest BCUT2D eigenvalue weighted by Gasteiger charge is 2.19. The first-order valence-electron chi connectivity index (χ1n) is 8.73. The number of allylic oxidation sites excluding steroid dienone is 1. The van der Waals surface area contributed by atoms with Crippen molar-refractivity contribution in [2.75, 3.05) is 11.9 Å². The van der Waals surface area contributed by atoms with Gasteiger partial charge in [-0.1, -0.05) is 12.5 Å². The molecule has 0 fully saturated rings. The number of nitrogens with zero attached hydrogens (tertiary/aromatic N) is 1. The Morgan fingerprint density at radius 3 is 2.88 bits per heavy atom. The maximum atomic E-state index is 11.3. The molecule has 0 bridgehead atoms. The molecule has 136 valence electrons. The van der Waals surface area contributed by atoms with Crippen molar-refractivity contribution < 1.29 is 14.3 Å². The lowest BCUT2D eigenvalue weighted by molar-refractivity contribution is -0.114. The predicted molar refractivity (Wildman–Crippen MR) is 102 cm³/mol. The van der Waals surface area contributed by atoms with Gasteiger partial charge in [-0.2, -0.15) is 0 Å². The second kappa shape index (κ2) is 7.60. The number of nitrogens with one attached hydrogen (secondary N) is 1. The summed E-state index contributed by atoms with van der Waals surface area (Å²) in [4.78, 5) is 15.5. The Balaban J connectivity index is 1.79. The first-order valence-corrected chi connectivity index (χ1v) is 8.73. The van der Waals surface area contributed by atoms with Crippen LogP contribution in [0.1, 0.15) is 32.8 Å². The van der Waals surface area contributed by atoms with Crippen LogP contribution in [0.2, 0.25) is 0 Å². The number of ether oxygens (including phenoxy) is 2. The Morgan fingerprint density at radius 2 is 2.15 bits per heavy atom. The molecule has 1 amide bonds. The lowest BCUT2D eigenvalue weighted by Crippen LogP contribution is -2.11. The zero-order valence-electron chi connectivity index (χ0n) is 15.5.